The number of phenolic OH excluding ortho intramolecular Hbond substituents is 2. The SMILES string of the molecule is O=S(=O)(OC=CCCOc1ccc(S(=O)(=O)c2ccc(O)cc2)cc1)c1ccc(S(=O)(=O)c2ccc(OCC=CCOc3ccc(S(=O)(=O)c4ccc(S(=O)(=O)OC=CCCOc5ccc(S(=O)(=O)c6ccc(O)cc6)cc5)cc4)cc3)cc2)cc1. The molecule has 2 N–H and O–H groups in total. The van der Waals surface area contributed by atoms with Gasteiger partial charge in [0.15, 0.2) is 0 Å². The van der Waals surface area contributed by atoms with E-state index in [1.54, 1.807) is 12.2 Å². The van der Waals surface area contributed by atoms with Gasteiger partial charge in [0.2, 0.25) is 39.3 Å². The summed E-state index contributed by atoms with van der Waals surface area (Å²) in [7, 11) is -24.4. The minimum absolute atomic E-state index is 0.0163. The molecule has 86 heavy (non-hydrogen) atoms. The average molecular weight is 1290 g/mol. The number of hydrogen-bond donors (Lipinski definition) is 2. The maximum Gasteiger partial charge on any atom is 0.338 e. The summed E-state index contributed by atoms with van der Waals surface area (Å²) >= 11 is 0. The molecule has 0 aliphatic heterocycles. The molecule has 0 saturated heterocycles. The minimum atomic E-state index is -4.31. The van der Waals surface area contributed by atoms with E-state index in [1.807, 2.05) is 0 Å². The van der Waals surface area contributed by atoms with Gasteiger partial charge >= 0.3 is 20.2 Å². The molecule has 0 radical (unpaired) electrons. The Morgan fingerprint density at radius 3 is 0.733 bits per heavy atom. The van der Waals surface area contributed by atoms with Gasteiger partial charge in [0, 0.05) is 12.8 Å². The Bertz CT molecular complexity index is 4130. The summed E-state index contributed by atoms with van der Waals surface area (Å²) in [4.78, 5) is -0.978. The molecule has 0 spiro atoms. The van der Waals surface area contributed by atoms with Crippen molar-refractivity contribution in [3.63, 3.8) is 0 Å². The molecule has 8 aromatic rings. The van der Waals surface area contributed by atoms with Crippen LogP contribution in [0.3, 0.4) is 0 Å². The zero-order valence-corrected chi connectivity index (χ0v) is 49.8. The molecule has 0 aromatic heterocycles. The number of benzene rings is 8. The summed E-state index contributed by atoms with van der Waals surface area (Å²) < 4.78 is 189. The van der Waals surface area contributed by atoms with Crippen LogP contribution < -0.4 is 18.9 Å². The first-order chi connectivity index (χ1) is 40.9. The van der Waals surface area contributed by atoms with Crippen LogP contribution in [0.1, 0.15) is 12.8 Å². The summed E-state index contributed by atoms with van der Waals surface area (Å²) in [5.74, 6) is 1.32. The molecule has 0 unspecified atom stereocenters. The number of phenols is 2. The topological polar surface area (TPSA) is 301 Å². The lowest BCUT2D eigenvalue weighted by molar-refractivity contribution is 0.323. The summed E-state index contributed by atoms with van der Waals surface area (Å²) in [6.07, 6.45) is 8.49. The fraction of sp³-hybridized carbons (Fsp3) is 0.100. The lowest BCUT2D eigenvalue weighted by atomic mass is 10.3. The summed E-state index contributed by atoms with van der Waals surface area (Å²) in [6, 6.07) is 41.9. The van der Waals surface area contributed by atoms with Gasteiger partial charge < -0.3 is 37.5 Å². The third-order valence-electron chi connectivity index (χ3n) is 12.2. The number of aromatic hydroxyl groups is 2. The number of sulfone groups is 4. The van der Waals surface area contributed by atoms with Crippen LogP contribution in [0.15, 0.2) is 280 Å². The van der Waals surface area contributed by atoms with Crippen LogP contribution in [0.4, 0.5) is 0 Å². The summed E-state index contributed by atoms with van der Waals surface area (Å²) in [5.41, 5.74) is 0. The zero-order valence-electron chi connectivity index (χ0n) is 44.9. The fourth-order valence-corrected chi connectivity index (χ4v) is 14.3. The maximum atomic E-state index is 13.4. The highest BCUT2D eigenvalue weighted by Crippen LogP contribution is 2.30. The van der Waals surface area contributed by atoms with Crippen LogP contribution in [0, 0.1) is 0 Å². The van der Waals surface area contributed by atoms with Gasteiger partial charge in [-0.3, -0.25) is 0 Å². The van der Waals surface area contributed by atoms with Crippen LogP contribution in [-0.4, -0.2) is 87.1 Å². The van der Waals surface area contributed by atoms with Crippen LogP contribution in [-0.2, 0) is 68.0 Å². The molecule has 8 aromatic carbocycles. The van der Waals surface area contributed by atoms with Gasteiger partial charge in [0.1, 0.15) is 70.0 Å². The van der Waals surface area contributed by atoms with Crippen molar-refractivity contribution >= 4 is 59.6 Å². The predicted molar refractivity (Wildman–Crippen MR) is 312 cm³/mol. The predicted octanol–water partition coefficient (Wildman–Crippen LogP) is 9.82. The lowest BCUT2D eigenvalue weighted by Gasteiger charge is -2.09. The van der Waals surface area contributed by atoms with Crippen molar-refractivity contribution in [2.75, 3.05) is 26.4 Å². The van der Waals surface area contributed by atoms with E-state index >= 15 is 0 Å². The van der Waals surface area contributed by atoms with Crippen LogP contribution >= 0.6 is 0 Å². The molecule has 0 heterocycles. The highest BCUT2D eigenvalue weighted by molar-refractivity contribution is 7.92. The van der Waals surface area contributed by atoms with Crippen molar-refractivity contribution in [2.24, 2.45) is 0 Å². The van der Waals surface area contributed by atoms with Gasteiger partial charge in [0.25, 0.3) is 0 Å². The summed E-state index contributed by atoms with van der Waals surface area (Å²) in [5, 5.41) is 18.9. The van der Waals surface area contributed by atoms with Gasteiger partial charge in [-0.15, -0.1) is 0 Å². The number of ether oxygens (including phenoxy) is 4. The molecular formula is C60H52O20S6. The van der Waals surface area contributed by atoms with Crippen molar-refractivity contribution in [3.8, 4) is 34.5 Å². The molecule has 0 aliphatic rings. The minimum Gasteiger partial charge on any atom is -0.508 e. The molecule has 0 amide bonds. The molecule has 0 fully saturated rings. The Balaban J connectivity index is 0.716. The first kappa shape index (κ1) is 63.1. The molecule has 0 saturated carbocycles. The molecule has 0 aliphatic carbocycles. The highest BCUT2D eigenvalue weighted by Gasteiger charge is 2.24. The Morgan fingerprint density at radius 2 is 0.477 bits per heavy atom. The van der Waals surface area contributed by atoms with E-state index in [1.165, 1.54) is 158 Å². The molecule has 0 bridgehead atoms. The maximum absolute atomic E-state index is 13.4. The first-order valence-electron chi connectivity index (χ1n) is 25.5. The van der Waals surface area contributed by atoms with E-state index in [2.05, 4.69) is 0 Å². The van der Waals surface area contributed by atoms with Gasteiger partial charge in [-0.1, -0.05) is 0 Å². The Kier molecular flexibility index (Phi) is 20.1. The van der Waals surface area contributed by atoms with Crippen molar-refractivity contribution in [3.05, 3.63) is 231 Å². The van der Waals surface area contributed by atoms with E-state index in [0.717, 1.165) is 61.1 Å². The molecular weight excluding hydrogens is 1230 g/mol. The Morgan fingerprint density at radius 1 is 0.267 bits per heavy atom. The third-order valence-corrected chi connectivity index (χ3v) is 21.8. The van der Waals surface area contributed by atoms with Crippen LogP contribution in [0.5, 0.6) is 34.5 Å². The third kappa shape index (κ3) is 16.1. The highest BCUT2D eigenvalue weighted by atomic mass is 32.2. The van der Waals surface area contributed by atoms with Gasteiger partial charge in [-0.05, 0) is 218 Å². The van der Waals surface area contributed by atoms with Gasteiger partial charge in [0.05, 0.1) is 52.4 Å². The quantitative estimate of drug-likeness (QED) is 0.0199. The normalized spacial score (nSPS) is 12.5. The lowest BCUT2D eigenvalue weighted by Crippen LogP contribution is -2.05. The molecule has 20 nitrogen and oxygen atoms in total. The van der Waals surface area contributed by atoms with E-state index in [4.69, 9.17) is 27.3 Å². The Hall–Kier alpha value is -8.92. The molecule has 26 heteroatoms. The zero-order chi connectivity index (χ0) is 61.6. The standard InChI is InChI=1S/C60H52O20S6/c61-45-7-19-51(20-8-45)81(63,64)53-23-11-49(12-24-53)77-41-3-5-43-79-85(71,72)59-35-31-57(32-36-59)83(67,68)55-27-15-47(16-28-55)75-39-1-2-40-76-48-17-29-56(30-18-48)84(69,70)58-33-37-60(38-34-58)86(73,74)80-44-6-4-42-78-50-13-25-54(26-14-50)82(65,66)52-21-9-46(62)10-22-52/h1-2,5-38,43-44,61-62H,3-4,39-42H2. The average Bonchev–Trinajstić information content (AvgIpc) is 1.72. The molecule has 448 valence electrons. The van der Waals surface area contributed by atoms with Crippen LogP contribution in [0.2, 0.25) is 0 Å². The van der Waals surface area contributed by atoms with Gasteiger partial charge in [-0.25, -0.2) is 33.7 Å². The second-order valence-corrected chi connectivity index (χ2v) is 29.0. The first-order valence-corrected chi connectivity index (χ1v) is 34.2. The van der Waals surface area contributed by atoms with Crippen molar-refractivity contribution < 1.29 is 88.0 Å². The molecule has 8 rings (SSSR count). The van der Waals surface area contributed by atoms with Crippen molar-refractivity contribution in [1.82, 2.24) is 0 Å². The Labute approximate surface area is 498 Å². The summed E-state index contributed by atoms with van der Waals surface area (Å²) in [6.45, 7) is 0.377. The second kappa shape index (κ2) is 27.4. The monoisotopic (exact) mass is 1280 g/mol. The van der Waals surface area contributed by atoms with E-state index in [0.29, 0.717) is 23.0 Å². The molecule has 0 atom stereocenters. The van der Waals surface area contributed by atoms with Crippen LogP contribution in [0.25, 0.3) is 0 Å². The van der Waals surface area contributed by atoms with Gasteiger partial charge in [-0.2, -0.15) is 16.8 Å². The van der Waals surface area contributed by atoms with Crippen molar-refractivity contribution in [2.45, 2.75) is 61.8 Å². The van der Waals surface area contributed by atoms with E-state index in [9.17, 15) is 60.7 Å². The number of hydrogen-bond acceptors (Lipinski definition) is 20. The largest absolute Gasteiger partial charge is 0.508 e. The number of rotatable bonds is 28. The second-order valence-electron chi connectivity index (χ2n) is 18.0. The van der Waals surface area contributed by atoms with E-state index < -0.39 is 59.6 Å². The van der Waals surface area contributed by atoms with E-state index in [-0.39, 0.29) is 99.7 Å². The smallest absolute Gasteiger partial charge is 0.338 e. The van der Waals surface area contributed by atoms with Crippen molar-refractivity contribution in [1.29, 1.82) is 0 Å². The fourth-order valence-electron chi connectivity index (χ4n) is 7.61.